The SMILES string of the molecule is Cc1cc(Oc2nnc(Cl)c3ccccc23)ccc1F. The molecule has 100 valence electrons. The molecular weight excluding hydrogens is 279 g/mol. The van der Waals surface area contributed by atoms with Crippen molar-refractivity contribution < 1.29 is 9.13 Å². The lowest BCUT2D eigenvalue weighted by Crippen LogP contribution is -1.94. The van der Waals surface area contributed by atoms with Crippen molar-refractivity contribution in [3.8, 4) is 11.6 Å². The van der Waals surface area contributed by atoms with Gasteiger partial charge < -0.3 is 4.74 Å². The maximum Gasteiger partial charge on any atom is 0.246 e. The molecule has 0 spiro atoms. The van der Waals surface area contributed by atoms with Crippen LogP contribution in [0.2, 0.25) is 5.15 Å². The van der Waals surface area contributed by atoms with Crippen molar-refractivity contribution in [2.24, 2.45) is 0 Å². The van der Waals surface area contributed by atoms with Crippen LogP contribution in [0.4, 0.5) is 4.39 Å². The predicted octanol–water partition coefficient (Wildman–Crippen LogP) is 4.52. The predicted molar refractivity (Wildman–Crippen MR) is 75.8 cm³/mol. The third-order valence-corrected chi connectivity index (χ3v) is 3.23. The molecule has 0 aliphatic rings. The van der Waals surface area contributed by atoms with Crippen LogP contribution in [0, 0.1) is 12.7 Å². The van der Waals surface area contributed by atoms with E-state index in [1.807, 2.05) is 24.3 Å². The second-order valence-electron chi connectivity index (χ2n) is 4.35. The molecular formula is C15H10ClFN2O. The summed E-state index contributed by atoms with van der Waals surface area (Å²) in [7, 11) is 0. The molecule has 3 rings (SSSR count). The van der Waals surface area contributed by atoms with E-state index in [9.17, 15) is 4.39 Å². The summed E-state index contributed by atoms with van der Waals surface area (Å²) >= 11 is 6.00. The van der Waals surface area contributed by atoms with Crippen molar-refractivity contribution in [3.63, 3.8) is 0 Å². The van der Waals surface area contributed by atoms with Crippen LogP contribution >= 0.6 is 11.6 Å². The Labute approximate surface area is 120 Å². The summed E-state index contributed by atoms with van der Waals surface area (Å²) in [5.41, 5.74) is 0.508. The number of ether oxygens (including phenoxy) is 1. The highest BCUT2D eigenvalue weighted by molar-refractivity contribution is 6.34. The van der Waals surface area contributed by atoms with Gasteiger partial charge in [0.1, 0.15) is 11.6 Å². The lowest BCUT2D eigenvalue weighted by Gasteiger charge is -2.08. The van der Waals surface area contributed by atoms with Gasteiger partial charge in [0.2, 0.25) is 5.88 Å². The maximum atomic E-state index is 13.2. The van der Waals surface area contributed by atoms with E-state index in [0.29, 0.717) is 22.3 Å². The highest BCUT2D eigenvalue weighted by Crippen LogP contribution is 2.30. The standard InChI is InChI=1S/C15H10ClFN2O/c1-9-8-10(6-7-13(9)17)20-15-12-5-3-2-4-11(12)14(16)18-19-15/h2-8H,1H3. The van der Waals surface area contributed by atoms with Gasteiger partial charge in [-0.3, -0.25) is 0 Å². The fourth-order valence-corrected chi connectivity index (χ4v) is 2.12. The Bertz CT molecular complexity index is 792. The van der Waals surface area contributed by atoms with Crippen LogP contribution in [0.3, 0.4) is 0 Å². The topological polar surface area (TPSA) is 35.0 Å². The van der Waals surface area contributed by atoms with E-state index in [1.54, 1.807) is 19.1 Å². The highest BCUT2D eigenvalue weighted by atomic mass is 35.5. The number of hydrogen-bond donors (Lipinski definition) is 0. The summed E-state index contributed by atoms with van der Waals surface area (Å²) in [4.78, 5) is 0. The van der Waals surface area contributed by atoms with Crippen LogP contribution < -0.4 is 4.74 Å². The number of fused-ring (bicyclic) bond motifs is 1. The number of rotatable bonds is 2. The van der Waals surface area contributed by atoms with Gasteiger partial charge in [-0.2, -0.15) is 0 Å². The van der Waals surface area contributed by atoms with Gasteiger partial charge in [-0.25, -0.2) is 4.39 Å². The van der Waals surface area contributed by atoms with E-state index in [0.717, 1.165) is 10.8 Å². The molecule has 1 aromatic heterocycles. The van der Waals surface area contributed by atoms with Gasteiger partial charge in [-0.1, -0.05) is 29.8 Å². The first kappa shape index (κ1) is 12.8. The third kappa shape index (κ3) is 2.30. The van der Waals surface area contributed by atoms with Crippen molar-refractivity contribution in [1.82, 2.24) is 10.2 Å². The lowest BCUT2D eigenvalue weighted by molar-refractivity contribution is 0.459. The molecule has 5 heteroatoms. The zero-order valence-corrected chi connectivity index (χ0v) is 11.4. The van der Waals surface area contributed by atoms with E-state index in [2.05, 4.69) is 10.2 Å². The number of nitrogens with zero attached hydrogens (tertiary/aromatic N) is 2. The van der Waals surface area contributed by atoms with Gasteiger partial charge in [-0.05, 0) is 36.8 Å². The van der Waals surface area contributed by atoms with Crippen LogP contribution in [-0.2, 0) is 0 Å². The summed E-state index contributed by atoms with van der Waals surface area (Å²) in [6.45, 7) is 1.67. The fraction of sp³-hybridized carbons (Fsp3) is 0.0667. The molecule has 0 amide bonds. The molecule has 3 nitrogen and oxygen atoms in total. The molecule has 0 saturated heterocycles. The third-order valence-electron chi connectivity index (χ3n) is 2.95. The summed E-state index contributed by atoms with van der Waals surface area (Å²) in [5, 5.41) is 9.66. The van der Waals surface area contributed by atoms with Crippen LogP contribution in [0.25, 0.3) is 10.8 Å². The molecule has 1 heterocycles. The van der Waals surface area contributed by atoms with Gasteiger partial charge in [0.15, 0.2) is 5.15 Å². The van der Waals surface area contributed by atoms with Crippen LogP contribution in [0.5, 0.6) is 11.6 Å². The average molecular weight is 289 g/mol. The summed E-state index contributed by atoms with van der Waals surface area (Å²) in [6.07, 6.45) is 0. The quantitative estimate of drug-likeness (QED) is 0.695. The zero-order valence-electron chi connectivity index (χ0n) is 10.6. The number of aromatic nitrogens is 2. The molecule has 2 aromatic carbocycles. The molecule has 0 N–H and O–H groups in total. The van der Waals surface area contributed by atoms with Crippen LogP contribution in [-0.4, -0.2) is 10.2 Å². The maximum absolute atomic E-state index is 13.2. The Hall–Kier alpha value is -2.20. The minimum Gasteiger partial charge on any atom is -0.437 e. The van der Waals surface area contributed by atoms with Crippen molar-refractivity contribution in [2.45, 2.75) is 6.92 Å². The van der Waals surface area contributed by atoms with Gasteiger partial charge in [-0.15, -0.1) is 10.2 Å². The normalized spacial score (nSPS) is 10.8. The minimum atomic E-state index is -0.274. The van der Waals surface area contributed by atoms with Crippen molar-refractivity contribution >= 4 is 22.4 Å². The summed E-state index contributed by atoms with van der Waals surface area (Å²) in [5.74, 6) is 0.575. The first-order valence-electron chi connectivity index (χ1n) is 6.00. The first-order valence-corrected chi connectivity index (χ1v) is 6.38. The molecule has 0 radical (unpaired) electrons. The van der Waals surface area contributed by atoms with E-state index in [4.69, 9.17) is 16.3 Å². The van der Waals surface area contributed by atoms with Crippen molar-refractivity contribution in [3.05, 3.63) is 59.0 Å². The number of aryl methyl sites for hydroxylation is 1. The molecule has 0 fully saturated rings. The monoisotopic (exact) mass is 288 g/mol. The number of benzene rings is 2. The largest absolute Gasteiger partial charge is 0.437 e. The highest BCUT2D eigenvalue weighted by Gasteiger charge is 2.10. The zero-order chi connectivity index (χ0) is 14.1. The van der Waals surface area contributed by atoms with Crippen LogP contribution in [0.15, 0.2) is 42.5 Å². The smallest absolute Gasteiger partial charge is 0.246 e. The Morgan fingerprint density at radius 1 is 1.05 bits per heavy atom. The molecule has 0 saturated carbocycles. The number of hydrogen-bond acceptors (Lipinski definition) is 3. The minimum absolute atomic E-state index is 0.274. The first-order chi connectivity index (χ1) is 9.65. The Morgan fingerprint density at radius 3 is 2.55 bits per heavy atom. The molecule has 0 aliphatic carbocycles. The molecule has 0 bridgehead atoms. The second-order valence-corrected chi connectivity index (χ2v) is 4.71. The molecule has 3 aromatic rings. The molecule has 20 heavy (non-hydrogen) atoms. The molecule has 0 unspecified atom stereocenters. The second kappa shape index (κ2) is 5.06. The number of halogens is 2. The van der Waals surface area contributed by atoms with Gasteiger partial charge in [0, 0.05) is 10.8 Å². The van der Waals surface area contributed by atoms with E-state index < -0.39 is 0 Å². The van der Waals surface area contributed by atoms with Crippen molar-refractivity contribution in [1.29, 1.82) is 0 Å². The average Bonchev–Trinajstić information content (AvgIpc) is 2.46. The van der Waals surface area contributed by atoms with Crippen LogP contribution in [0.1, 0.15) is 5.56 Å². The van der Waals surface area contributed by atoms with E-state index in [1.165, 1.54) is 6.07 Å². The Kier molecular flexibility index (Phi) is 3.24. The Balaban J connectivity index is 2.06. The van der Waals surface area contributed by atoms with Gasteiger partial charge in [0.05, 0.1) is 0 Å². The summed E-state index contributed by atoms with van der Waals surface area (Å²) in [6, 6.07) is 11.9. The fourth-order valence-electron chi connectivity index (χ4n) is 1.91. The van der Waals surface area contributed by atoms with Crippen molar-refractivity contribution in [2.75, 3.05) is 0 Å². The van der Waals surface area contributed by atoms with E-state index >= 15 is 0 Å². The van der Waals surface area contributed by atoms with E-state index in [-0.39, 0.29) is 5.82 Å². The van der Waals surface area contributed by atoms with Gasteiger partial charge >= 0.3 is 0 Å². The Morgan fingerprint density at radius 2 is 1.80 bits per heavy atom. The molecule has 0 atom stereocenters. The lowest BCUT2D eigenvalue weighted by atomic mass is 10.2. The summed E-state index contributed by atoms with van der Waals surface area (Å²) < 4.78 is 18.9. The molecule has 0 aliphatic heterocycles. The van der Waals surface area contributed by atoms with Gasteiger partial charge in [0.25, 0.3) is 0 Å².